The van der Waals surface area contributed by atoms with E-state index in [1.807, 2.05) is 0 Å². The zero-order valence-corrected chi connectivity index (χ0v) is 23.0. The van der Waals surface area contributed by atoms with Crippen molar-refractivity contribution in [1.29, 1.82) is 0 Å². The minimum Gasteiger partial charge on any atom is -0.571 e. The molecule has 0 saturated carbocycles. The topological polar surface area (TPSA) is 241 Å². The lowest BCUT2D eigenvalue weighted by Gasteiger charge is -2.40. The SMILES string of the molecule is COc1cc(C2[OH+]c3cc(O)cc(O[C@@H]4O[C@H](CO)[C@@H](O)[C@H](O)[C@H]4O)c3C=C2O[C@@H]2O[C@H](C)[C@H](O)[C@@H](O)[C@@H]2O)ccc1O. The van der Waals surface area contributed by atoms with Gasteiger partial charge in [0.15, 0.2) is 17.3 Å². The second-order valence-electron chi connectivity index (χ2n) is 10.5. The summed E-state index contributed by atoms with van der Waals surface area (Å²) in [4.78, 5) is 0. The van der Waals surface area contributed by atoms with Crippen LogP contribution in [0.4, 0.5) is 0 Å². The van der Waals surface area contributed by atoms with Crippen molar-refractivity contribution < 1.29 is 74.4 Å². The third kappa shape index (κ3) is 5.91. The Morgan fingerprint density at radius 1 is 0.791 bits per heavy atom. The number of ether oxygens (including phenoxy) is 6. The molecule has 2 aromatic carbocycles. The fourth-order valence-corrected chi connectivity index (χ4v) is 5.11. The number of benzene rings is 2. The van der Waals surface area contributed by atoms with Crippen LogP contribution in [0.15, 0.2) is 36.1 Å². The number of phenols is 2. The Kier molecular flexibility index (Phi) is 8.89. The Labute approximate surface area is 244 Å². The molecule has 5 rings (SSSR count). The molecule has 0 aliphatic carbocycles. The summed E-state index contributed by atoms with van der Waals surface area (Å²) in [5.74, 6) is -0.179. The van der Waals surface area contributed by atoms with E-state index in [0.29, 0.717) is 5.56 Å². The lowest BCUT2D eigenvalue weighted by Crippen LogP contribution is -2.60. The normalized spacial score (nSPS) is 35.7. The summed E-state index contributed by atoms with van der Waals surface area (Å²) in [6, 6.07) is 6.92. The van der Waals surface area contributed by atoms with Crippen molar-refractivity contribution in [2.24, 2.45) is 0 Å². The molecule has 15 heteroatoms. The van der Waals surface area contributed by atoms with E-state index >= 15 is 0 Å². The van der Waals surface area contributed by atoms with Gasteiger partial charge in [-0.2, -0.15) is 0 Å². The van der Waals surface area contributed by atoms with Crippen LogP contribution in [0.1, 0.15) is 24.2 Å². The summed E-state index contributed by atoms with van der Waals surface area (Å²) in [5.41, 5.74) is 0.649. The Bertz CT molecular complexity index is 1330. The van der Waals surface area contributed by atoms with Gasteiger partial charge in [0.25, 0.3) is 11.9 Å². The number of aromatic hydroxyl groups is 3. The molecule has 11 atom stereocenters. The number of methoxy groups -OCH3 is 1. The fraction of sp³-hybridized carbons (Fsp3) is 0.500. The van der Waals surface area contributed by atoms with Crippen molar-refractivity contribution in [2.45, 2.75) is 74.4 Å². The molecule has 1 unspecified atom stereocenters. The molecule has 3 aliphatic rings. The van der Waals surface area contributed by atoms with Crippen LogP contribution in [0.3, 0.4) is 0 Å². The summed E-state index contributed by atoms with van der Waals surface area (Å²) in [6.45, 7) is 0.805. The lowest BCUT2D eigenvalue weighted by atomic mass is 9.98. The van der Waals surface area contributed by atoms with E-state index in [2.05, 4.69) is 4.74 Å². The molecule has 0 spiro atoms. The number of hydrogen-bond donors (Lipinski definition) is 9. The molecule has 236 valence electrons. The predicted octanol–water partition coefficient (Wildman–Crippen LogP) is -1.53. The molecule has 0 amide bonds. The van der Waals surface area contributed by atoms with Gasteiger partial charge in [-0.15, -0.1) is 0 Å². The monoisotopic (exact) mass is 611 g/mol. The first-order valence-electron chi connectivity index (χ1n) is 13.4. The van der Waals surface area contributed by atoms with Gasteiger partial charge in [0.2, 0.25) is 12.6 Å². The smallest absolute Gasteiger partial charge is 0.270 e. The fourth-order valence-electron chi connectivity index (χ4n) is 5.11. The molecule has 0 aromatic heterocycles. The number of phenolic OH excluding ortho intramolecular Hbond substituents is 2. The van der Waals surface area contributed by atoms with Crippen molar-refractivity contribution in [3.8, 4) is 28.7 Å². The average Bonchev–Trinajstić information content (AvgIpc) is 2.99. The van der Waals surface area contributed by atoms with Crippen molar-refractivity contribution in [2.75, 3.05) is 13.7 Å². The van der Waals surface area contributed by atoms with Gasteiger partial charge in [-0.3, -0.25) is 0 Å². The predicted molar refractivity (Wildman–Crippen MR) is 143 cm³/mol. The number of rotatable bonds is 7. The van der Waals surface area contributed by atoms with Gasteiger partial charge in [-0.05, 0) is 25.1 Å². The van der Waals surface area contributed by atoms with Crippen molar-refractivity contribution >= 4 is 6.08 Å². The minimum atomic E-state index is -1.74. The van der Waals surface area contributed by atoms with Gasteiger partial charge >= 0.3 is 0 Å². The van der Waals surface area contributed by atoms with Crippen molar-refractivity contribution in [3.63, 3.8) is 0 Å². The second kappa shape index (κ2) is 12.3. The van der Waals surface area contributed by atoms with Gasteiger partial charge < -0.3 is 74.4 Å². The third-order valence-corrected chi connectivity index (χ3v) is 7.60. The van der Waals surface area contributed by atoms with Gasteiger partial charge in [0, 0.05) is 12.1 Å². The van der Waals surface area contributed by atoms with Crippen LogP contribution in [-0.2, 0) is 14.2 Å². The largest absolute Gasteiger partial charge is 0.571 e. The maximum atomic E-state index is 10.6. The van der Waals surface area contributed by atoms with Gasteiger partial charge in [-0.25, -0.2) is 0 Å². The molecule has 15 nitrogen and oxygen atoms in total. The van der Waals surface area contributed by atoms with Gasteiger partial charge in [-0.1, -0.05) is 0 Å². The van der Waals surface area contributed by atoms with Gasteiger partial charge in [0.05, 0.1) is 31.5 Å². The molecule has 3 aliphatic heterocycles. The standard InChI is InChI=1S/C28H34O15/c1-10-20(32)22(34)24(36)27(39-10)42-18-8-13-15(40-26(18)11-3-4-14(31)17(5-11)38-2)6-12(30)7-16(13)41-28-25(37)23(35)21(33)19(9-29)43-28/h3-8,10,19-37H,9H2,1-2H3/p+1/t10-,19-,20+,21-,22-,23+,24+,25-,26?,27+,28-/m1/s1. The van der Waals surface area contributed by atoms with Crippen LogP contribution in [0.2, 0.25) is 0 Å². The van der Waals surface area contributed by atoms with E-state index < -0.39 is 74.1 Å². The summed E-state index contributed by atoms with van der Waals surface area (Å²) in [7, 11) is 1.36. The quantitative estimate of drug-likeness (QED) is 0.161. The Hall–Kier alpha value is -3.38. The minimum absolute atomic E-state index is 0.0458. The summed E-state index contributed by atoms with van der Waals surface area (Å²) in [5, 5.41) is 92.0. The number of hydrogen-bond acceptors (Lipinski definition) is 14. The van der Waals surface area contributed by atoms with E-state index in [-0.39, 0.29) is 40.1 Å². The molecule has 10 N–H and O–H groups in total. The maximum absolute atomic E-state index is 10.6. The van der Waals surface area contributed by atoms with Gasteiger partial charge in [0.1, 0.15) is 59.8 Å². The van der Waals surface area contributed by atoms with Crippen LogP contribution < -0.4 is 9.47 Å². The molecular formula is C28H35O15+. The molecule has 0 bridgehead atoms. The maximum Gasteiger partial charge on any atom is 0.270 e. The highest BCUT2D eigenvalue weighted by molar-refractivity contribution is 5.70. The highest BCUT2D eigenvalue weighted by Crippen LogP contribution is 2.47. The molecule has 2 fully saturated rings. The Morgan fingerprint density at radius 3 is 2.14 bits per heavy atom. The van der Waals surface area contributed by atoms with E-state index in [9.17, 15) is 46.0 Å². The van der Waals surface area contributed by atoms with Crippen LogP contribution >= 0.6 is 0 Å². The Balaban J connectivity index is 1.55. The molecule has 0 radical (unpaired) electrons. The van der Waals surface area contributed by atoms with Crippen molar-refractivity contribution in [1.82, 2.24) is 0 Å². The zero-order chi connectivity index (χ0) is 31.2. The number of aliphatic hydroxyl groups excluding tert-OH is 7. The third-order valence-electron chi connectivity index (χ3n) is 7.60. The lowest BCUT2D eigenvalue weighted by molar-refractivity contribution is -0.287. The van der Waals surface area contributed by atoms with Crippen LogP contribution in [0.25, 0.3) is 6.08 Å². The van der Waals surface area contributed by atoms with E-state index in [0.717, 1.165) is 0 Å². The van der Waals surface area contributed by atoms with Crippen LogP contribution in [0.5, 0.6) is 28.7 Å². The van der Waals surface area contributed by atoms with Crippen molar-refractivity contribution in [3.05, 3.63) is 47.2 Å². The van der Waals surface area contributed by atoms with E-state index in [1.54, 1.807) is 6.07 Å². The summed E-state index contributed by atoms with van der Waals surface area (Å²) in [6.07, 6.45) is -14.4. The molecular weight excluding hydrogens is 576 g/mol. The first-order valence-corrected chi connectivity index (χ1v) is 13.4. The molecule has 2 aromatic rings. The molecule has 2 saturated heterocycles. The summed E-state index contributed by atoms with van der Waals surface area (Å²) < 4.78 is 32.8. The number of fused-ring (bicyclic) bond motifs is 1. The van der Waals surface area contributed by atoms with E-state index in [4.69, 9.17) is 23.7 Å². The van der Waals surface area contributed by atoms with E-state index in [1.165, 1.54) is 44.4 Å². The zero-order valence-electron chi connectivity index (χ0n) is 23.0. The first-order chi connectivity index (χ1) is 20.4. The highest BCUT2D eigenvalue weighted by Gasteiger charge is 2.47. The van der Waals surface area contributed by atoms with Crippen LogP contribution in [-0.4, -0.2) is 126 Å². The Morgan fingerprint density at radius 2 is 1.47 bits per heavy atom. The van der Waals surface area contributed by atoms with Crippen LogP contribution in [0, 0.1) is 0 Å². The molecule has 43 heavy (non-hydrogen) atoms. The second-order valence-corrected chi connectivity index (χ2v) is 10.5. The molecule has 3 heterocycles. The summed E-state index contributed by atoms with van der Waals surface area (Å²) >= 11 is 0. The number of aliphatic hydroxyl groups is 8. The highest BCUT2D eigenvalue weighted by atomic mass is 16.7. The first kappa shape index (κ1) is 31.1. The average molecular weight is 612 g/mol.